The third-order valence-electron chi connectivity index (χ3n) is 4.68. The topological polar surface area (TPSA) is 70.1 Å². The summed E-state index contributed by atoms with van der Waals surface area (Å²) in [6.07, 6.45) is 3.69. The number of ether oxygens (including phenoxy) is 1. The average molecular weight is 284 g/mol. The first-order chi connectivity index (χ1) is 9.55. The number of nitrogens with zero attached hydrogens (tertiary/aromatic N) is 2. The standard InChI is InChI=1S/C14H24N2O4/c1-3-14(12(17)18)7-5-9-16(14)13(19)15-8-4-6-11(10-15)20-2/h11H,3-10H2,1-2H3,(H,17,18). The highest BCUT2D eigenvalue weighted by atomic mass is 16.5. The Morgan fingerprint density at radius 3 is 2.70 bits per heavy atom. The lowest BCUT2D eigenvalue weighted by Gasteiger charge is -2.40. The maximum absolute atomic E-state index is 12.7. The van der Waals surface area contributed by atoms with Gasteiger partial charge < -0.3 is 19.6 Å². The second-order valence-electron chi connectivity index (χ2n) is 5.67. The fourth-order valence-corrected chi connectivity index (χ4v) is 3.37. The summed E-state index contributed by atoms with van der Waals surface area (Å²) in [5.41, 5.74) is -1.02. The van der Waals surface area contributed by atoms with Crippen LogP contribution in [0.5, 0.6) is 0 Å². The molecule has 2 aliphatic heterocycles. The van der Waals surface area contributed by atoms with E-state index in [-0.39, 0.29) is 12.1 Å². The number of methoxy groups -OCH3 is 1. The summed E-state index contributed by atoms with van der Waals surface area (Å²) >= 11 is 0. The monoisotopic (exact) mass is 284 g/mol. The second kappa shape index (κ2) is 5.99. The molecule has 1 N–H and O–H groups in total. The van der Waals surface area contributed by atoms with E-state index in [4.69, 9.17) is 4.74 Å². The normalized spacial score (nSPS) is 30.6. The lowest BCUT2D eigenvalue weighted by atomic mass is 9.93. The zero-order valence-corrected chi connectivity index (χ0v) is 12.3. The summed E-state index contributed by atoms with van der Waals surface area (Å²) in [5, 5.41) is 9.54. The zero-order valence-electron chi connectivity index (χ0n) is 12.3. The molecule has 6 heteroatoms. The fourth-order valence-electron chi connectivity index (χ4n) is 3.37. The molecule has 0 aromatic carbocycles. The summed E-state index contributed by atoms with van der Waals surface area (Å²) in [7, 11) is 1.65. The Labute approximate surface area is 119 Å². The van der Waals surface area contributed by atoms with Gasteiger partial charge in [-0.15, -0.1) is 0 Å². The summed E-state index contributed by atoms with van der Waals surface area (Å²) in [5.74, 6) is -0.883. The largest absolute Gasteiger partial charge is 0.479 e. The van der Waals surface area contributed by atoms with Crippen molar-refractivity contribution in [2.24, 2.45) is 0 Å². The molecule has 0 aromatic heterocycles. The molecule has 2 atom stereocenters. The summed E-state index contributed by atoms with van der Waals surface area (Å²) in [6.45, 7) is 3.63. The Kier molecular flexibility index (Phi) is 4.52. The molecule has 2 unspecified atom stereocenters. The summed E-state index contributed by atoms with van der Waals surface area (Å²) in [6, 6.07) is -0.145. The van der Waals surface area contributed by atoms with Crippen molar-refractivity contribution in [1.29, 1.82) is 0 Å². The van der Waals surface area contributed by atoms with Crippen LogP contribution in [0.1, 0.15) is 39.0 Å². The molecule has 2 aliphatic rings. The number of amides is 2. The number of urea groups is 1. The van der Waals surface area contributed by atoms with E-state index in [2.05, 4.69) is 0 Å². The van der Waals surface area contributed by atoms with E-state index in [1.807, 2.05) is 6.92 Å². The predicted octanol–water partition coefficient (Wildman–Crippen LogP) is 1.55. The predicted molar refractivity (Wildman–Crippen MR) is 73.6 cm³/mol. The first kappa shape index (κ1) is 15.1. The zero-order chi connectivity index (χ0) is 14.8. The highest BCUT2D eigenvalue weighted by Crippen LogP contribution is 2.34. The van der Waals surface area contributed by atoms with Gasteiger partial charge in [-0.3, -0.25) is 0 Å². The van der Waals surface area contributed by atoms with Crippen LogP contribution in [0.25, 0.3) is 0 Å². The van der Waals surface area contributed by atoms with Crippen LogP contribution in [0, 0.1) is 0 Å². The molecule has 0 aliphatic carbocycles. The fraction of sp³-hybridized carbons (Fsp3) is 0.857. The Morgan fingerprint density at radius 2 is 2.10 bits per heavy atom. The minimum absolute atomic E-state index is 0.0659. The number of carbonyl (C=O) groups excluding carboxylic acids is 1. The van der Waals surface area contributed by atoms with Gasteiger partial charge in [0.25, 0.3) is 0 Å². The molecular weight excluding hydrogens is 260 g/mol. The van der Waals surface area contributed by atoms with Crippen molar-refractivity contribution >= 4 is 12.0 Å². The van der Waals surface area contributed by atoms with Gasteiger partial charge in [0.2, 0.25) is 0 Å². The smallest absolute Gasteiger partial charge is 0.329 e. The molecule has 2 amide bonds. The van der Waals surface area contributed by atoms with Gasteiger partial charge in [0, 0.05) is 26.7 Å². The maximum Gasteiger partial charge on any atom is 0.329 e. The van der Waals surface area contributed by atoms with Gasteiger partial charge in [-0.05, 0) is 32.1 Å². The number of hydrogen-bond donors (Lipinski definition) is 1. The van der Waals surface area contributed by atoms with E-state index < -0.39 is 11.5 Å². The SMILES string of the molecule is CCC1(C(=O)O)CCCN1C(=O)N1CCCC(OC)C1. The van der Waals surface area contributed by atoms with Crippen molar-refractivity contribution in [3.05, 3.63) is 0 Å². The quantitative estimate of drug-likeness (QED) is 0.853. The third-order valence-corrected chi connectivity index (χ3v) is 4.68. The van der Waals surface area contributed by atoms with Crippen LogP contribution in [-0.2, 0) is 9.53 Å². The number of likely N-dealkylation sites (tertiary alicyclic amines) is 2. The lowest BCUT2D eigenvalue weighted by molar-refractivity contribution is -0.148. The number of carboxylic acids is 1. The molecule has 0 radical (unpaired) electrons. The molecule has 0 spiro atoms. The van der Waals surface area contributed by atoms with Gasteiger partial charge in [-0.1, -0.05) is 6.92 Å². The van der Waals surface area contributed by atoms with Crippen LogP contribution in [0.3, 0.4) is 0 Å². The van der Waals surface area contributed by atoms with E-state index in [0.29, 0.717) is 32.5 Å². The van der Waals surface area contributed by atoms with Crippen LogP contribution in [0.4, 0.5) is 4.79 Å². The Morgan fingerprint density at radius 1 is 1.35 bits per heavy atom. The molecule has 0 aromatic rings. The van der Waals surface area contributed by atoms with Gasteiger partial charge in [0.1, 0.15) is 5.54 Å². The van der Waals surface area contributed by atoms with E-state index in [9.17, 15) is 14.7 Å². The number of hydrogen-bond acceptors (Lipinski definition) is 3. The highest BCUT2D eigenvalue weighted by Gasteiger charge is 2.49. The first-order valence-corrected chi connectivity index (χ1v) is 7.38. The highest BCUT2D eigenvalue weighted by molar-refractivity contribution is 5.87. The van der Waals surface area contributed by atoms with Gasteiger partial charge in [0.05, 0.1) is 6.10 Å². The molecule has 0 bridgehead atoms. The molecule has 2 saturated heterocycles. The second-order valence-corrected chi connectivity index (χ2v) is 5.67. The van der Waals surface area contributed by atoms with Crippen molar-refractivity contribution in [2.75, 3.05) is 26.7 Å². The number of piperidine rings is 1. The van der Waals surface area contributed by atoms with E-state index in [0.717, 1.165) is 19.3 Å². The number of carboxylic acid groups (broad SMARTS) is 1. The van der Waals surface area contributed by atoms with Crippen LogP contribution in [0.2, 0.25) is 0 Å². The molecule has 114 valence electrons. The minimum atomic E-state index is -1.02. The Balaban J connectivity index is 2.13. The molecule has 2 fully saturated rings. The van der Waals surface area contributed by atoms with Crippen molar-refractivity contribution in [1.82, 2.24) is 9.80 Å². The third kappa shape index (κ3) is 2.49. The number of carbonyl (C=O) groups is 2. The minimum Gasteiger partial charge on any atom is -0.479 e. The van der Waals surface area contributed by atoms with Crippen LogP contribution >= 0.6 is 0 Å². The molecule has 20 heavy (non-hydrogen) atoms. The van der Waals surface area contributed by atoms with Crippen LogP contribution < -0.4 is 0 Å². The van der Waals surface area contributed by atoms with Gasteiger partial charge in [0.15, 0.2) is 0 Å². The van der Waals surface area contributed by atoms with Crippen LogP contribution in [0.15, 0.2) is 0 Å². The average Bonchev–Trinajstić information content (AvgIpc) is 2.91. The number of rotatable bonds is 3. The van der Waals surface area contributed by atoms with Gasteiger partial charge >= 0.3 is 12.0 Å². The number of aliphatic carboxylic acids is 1. The van der Waals surface area contributed by atoms with E-state index in [1.165, 1.54) is 0 Å². The van der Waals surface area contributed by atoms with Gasteiger partial charge in [-0.25, -0.2) is 9.59 Å². The summed E-state index contributed by atoms with van der Waals surface area (Å²) < 4.78 is 5.33. The molecular formula is C14H24N2O4. The van der Waals surface area contributed by atoms with Crippen molar-refractivity contribution in [3.8, 4) is 0 Å². The molecule has 2 rings (SSSR count). The molecule has 2 heterocycles. The van der Waals surface area contributed by atoms with Crippen LogP contribution in [-0.4, -0.2) is 65.3 Å². The van der Waals surface area contributed by atoms with Gasteiger partial charge in [-0.2, -0.15) is 0 Å². The molecule has 0 saturated carbocycles. The Bertz CT molecular complexity index is 387. The first-order valence-electron chi connectivity index (χ1n) is 7.38. The van der Waals surface area contributed by atoms with Crippen molar-refractivity contribution < 1.29 is 19.4 Å². The van der Waals surface area contributed by atoms with Crippen molar-refractivity contribution in [3.63, 3.8) is 0 Å². The molecule has 6 nitrogen and oxygen atoms in total. The van der Waals surface area contributed by atoms with Crippen molar-refractivity contribution in [2.45, 2.75) is 50.7 Å². The maximum atomic E-state index is 12.7. The van der Waals surface area contributed by atoms with E-state index >= 15 is 0 Å². The van der Waals surface area contributed by atoms with E-state index in [1.54, 1.807) is 16.9 Å². The lowest BCUT2D eigenvalue weighted by Crippen LogP contribution is -2.58. The Hall–Kier alpha value is -1.30. The summed E-state index contributed by atoms with van der Waals surface area (Å²) in [4.78, 5) is 27.6.